The van der Waals surface area contributed by atoms with Crippen LogP contribution in [0.1, 0.15) is 22.3 Å². The van der Waals surface area contributed by atoms with Crippen LogP contribution < -0.4 is 0 Å². The van der Waals surface area contributed by atoms with Gasteiger partial charge in [-0.25, -0.2) is 0 Å². The molecule has 0 aliphatic rings. The first-order valence-electron chi connectivity index (χ1n) is 15.3. The van der Waals surface area contributed by atoms with Gasteiger partial charge in [0.15, 0.2) is 0 Å². The first-order valence-corrected chi connectivity index (χ1v) is 15.3. The van der Waals surface area contributed by atoms with Crippen LogP contribution in [0.3, 0.4) is 0 Å². The molecule has 0 bridgehead atoms. The highest BCUT2D eigenvalue weighted by Gasteiger charge is 2.37. The van der Waals surface area contributed by atoms with Crippen LogP contribution in [0.25, 0.3) is 66.1 Å². The number of benzene rings is 6. The van der Waals surface area contributed by atoms with E-state index in [1.807, 2.05) is 74.5 Å². The van der Waals surface area contributed by atoms with E-state index in [9.17, 15) is 13.2 Å². The average Bonchev–Trinajstić information content (AvgIpc) is 3.55. The first-order chi connectivity index (χ1) is 22.9. The molecule has 0 saturated heterocycles. The van der Waals surface area contributed by atoms with Crippen LogP contribution in [0.5, 0.6) is 0 Å². The molecule has 0 amide bonds. The van der Waals surface area contributed by atoms with Crippen LogP contribution in [0.15, 0.2) is 121 Å². The van der Waals surface area contributed by atoms with Gasteiger partial charge in [0, 0.05) is 27.1 Å². The van der Waals surface area contributed by atoms with Crippen molar-refractivity contribution in [2.24, 2.45) is 0 Å². The zero-order valence-electron chi connectivity index (χ0n) is 25.7. The number of rotatable bonds is 3. The van der Waals surface area contributed by atoms with Gasteiger partial charge in [-0.1, -0.05) is 71.8 Å². The SMILES string of the molecule is Cc1ccc2c(c1)c1ccccc1n2-c1cc(C(F)(F)F)c(-n2c3ccccc3c3cc(C)ccc32)cc1-c1cccc(C(F)(F)F)c1. The predicted octanol–water partition coefficient (Wildman–Crippen LogP) is 12.2. The molecule has 8 heteroatoms. The average molecular weight is 649 g/mol. The van der Waals surface area contributed by atoms with Crippen molar-refractivity contribution in [3.63, 3.8) is 0 Å². The second-order valence-corrected chi connectivity index (χ2v) is 12.2. The maximum Gasteiger partial charge on any atom is 0.418 e. The van der Waals surface area contributed by atoms with Crippen molar-refractivity contribution in [3.05, 3.63) is 144 Å². The summed E-state index contributed by atoms with van der Waals surface area (Å²) in [5.74, 6) is 0. The fourth-order valence-corrected chi connectivity index (χ4v) is 6.96. The maximum absolute atomic E-state index is 15.4. The third-order valence-electron chi connectivity index (χ3n) is 9.06. The summed E-state index contributed by atoms with van der Waals surface area (Å²) in [6.45, 7) is 3.85. The lowest BCUT2D eigenvalue weighted by Crippen LogP contribution is -2.13. The molecule has 238 valence electrons. The standard InChI is InChI=1S/C40H26F6N2/c1-23-14-16-35-30(18-23)27-10-3-5-12-33(27)47(35)37-22-32(40(44,45)46)38(21-29(37)25-8-7-9-26(20-25)39(41,42)43)48-34-13-6-4-11-28(34)31-19-24(2)15-17-36(31)48/h3-22H,1-2H3. The first kappa shape index (κ1) is 29.9. The highest BCUT2D eigenvalue weighted by atomic mass is 19.4. The molecule has 0 aliphatic carbocycles. The summed E-state index contributed by atoms with van der Waals surface area (Å²) in [6.07, 6.45) is -9.46. The molecule has 0 atom stereocenters. The van der Waals surface area contributed by atoms with E-state index in [2.05, 4.69) is 0 Å². The smallest absolute Gasteiger partial charge is 0.309 e. The Labute approximate surface area is 271 Å². The Morgan fingerprint density at radius 2 is 0.958 bits per heavy atom. The van der Waals surface area contributed by atoms with E-state index in [-0.39, 0.29) is 22.5 Å². The number of nitrogens with zero attached hydrogens (tertiary/aromatic N) is 2. The fourth-order valence-electron chi connectivity index (χ4n) is 6.96. The van der Waals surface area contributed by atoms with Crippen LogP contribution in [-0.2, 0) is 12.4 Å². The molecular weight excluding hydrogens is 622 g/mol. The highest BCUT2D eigenvalue weighted by molar-refractivity contribution is 6.11. The molecule has 0 fully saturated rings. The molecule has 0 saturated carbocycles. The zero-order chi connectivity index (χ0) is 33.5. The van der Waals surface area contributed by atoms with Gasteiger partial charge < -0.3 is 9.13 Å². The second kappa shape index (κ2) is 10.5. The number of fused-ring (bicyclic) bond motifs is 6. The Hall–Kier alpha value is -5.50. The number of para-hydroxylation sites is 2. The summed E-state index contributed by atoms with van der Waals surface area (Å²) < 4.78 is 91.6. The summed E-state index contributed by atoms with van der Waals surface area (Å²) in [6, 6.07) is 33.1. The van der Waals surface area contributed by atoms with Gasteiger partial charge in [-0.2, -0.15) is 26.3 Å². The van der Waals surface area contributed by atoms with Crippen molar-refractivity contribution in [2.45, 2.75) is 26.2 Å². The van der Waals surface area contributed by atoms with E-state index in [1.54, 1.807) is 33.4 Å². The van der Waals surface area contributed by atoms with Gasteiger partial charge >= 0.3 is 12.4 Å². The molecular formula is C40H26F6N2. The molecule has 2 aromatic heterocycles. The Kier molecular flexibility index (Phi) is 6.54. The number of hydrogen-bond acceptors (Lipinski definition) is 0. The minimum atomic E-state index is -4.81. The van der Waals surface area contributed by atoms with Gasteiger partial charge in [-0.15, -0.1) is 0 Å². The van der Waals surface area contributed by atoms with Crippen molar-refractivity contribution >= 4 is 43.6 Å². The lowest BCUT2D eigenvalue weighted by molar-refractivity contribution is -0.138. The fraction of sp³-hybridized carbons (Fsp3) is 0.100. The van der Waals surface area contributed by atoms with Crippen LogP contribution in [-0.4, -0.2) is 9.13 Å². The molecule has 0 spiro atoms. The lowest BCUT2D eigenvalue weighted by Gasteiger charge is -2.22. The van der Waals surface area contributed by atoms with Crippen molar-refractivity contribution in [1.29, 1.82) is 0 Å². The van der Waals surface area contributed by atoms with E-state index in [0.717, 1.165) is 50.9 Å². The van der Waals surface area contributed by atoms with Crippen LogP contribution in [0.4, 0.5) is 26.3 Å². The Morgan fingerprint density at radius 1 is 0.438 bits per heavy atom. The Bertz CT molecular complexity index is 2560. The van der Waals surface area contributed by atoms with Gasteiger partial charge in [0.1, 0.15) is 0 Å². The quantitative estimate of drug-likeness (QED) is 0.169. The summed E-state index contributed by atoms with van der Waals surface area (Å²) in [4.78, 5) is 0. The van der Waals surface area contributed by atoms with Crippen molar-refractivity contribution < 1.29 is 26.3 Å². The summed E-state index contributed by atoms with van der Waals surface area (Å²) in [7, 11) is 0. The number of aromatic nitrogens is 2. The van der Waals surface area contributed by atoms with Gasteiger partial charge in [-0.3, -0.25) is 0 Å². The Balaban J connectivity index is 1.56. The lowest BCUT2D eigenvalue weighted by atomic mass is 9.97. The minimum absolute atomic E-state index is 0.122. The zero-order valence-corrected chi connectivity index (χ0v) is 25.7. The summed E-state index contributed by atoms with van der Waals surface area (Å²) >= 11 is 0. The number of halogens is 6. The normalized spacial score (nSPS) is 12.6. The van der Waals surface area contributed by atoms with Crippen LogP contribution >= 0.6 is 0 Å². The van der Waals surface area contributed by atoms with Gasteiger partial charge in [0.05, 0.1) is 44.6 Å². The molecule has 0 unspecified atom stereocenters. The third-order valence-corrected chi connectivity index (χ3v) is 9.06. The molecule has 8 aromatic rings. The number of alkyl halides is 6. The summed E-state index contributed by atoms with van der Waals surface area (Å²) in [5, 5.41) is 3.20. The molecule has 0 N–H and O–H groups in total. The van der Waals surface area contributed by atoms with Crippen LogP contribution in [0, 0.1) is 13.8 Å². The van der Waals surface area contributed by atoms with Crippen molar-refractivity contribution in [2.75, 3.05) is 0 Å². The van der Waals surface area contributed by atoms with Gasteiger partial charge in [-0.05, 0) is 80.1 Å². The Morgan fingerprint density at radius 3 is 1.50 bits per heavy atom. The van der Waals surface area contributed by atoms with Crippen molar-refractivity contribution in [3.8, 4) is 22.5 Å². The van der Waals surface area contributed by atoms with Gasteiger partial charge in [0.25, 0.3) is 0 Å². The second-order valence-electron chi connectivity index (χ2n) is 12.2. The number of hydrogen-bond donors (Lipinski definition) is 0. The van der Waals surface area contributed by atoms with E-state index < -0.39 is 23.5 Å². The highest BCUT2D eigenvalue weighted by Crippen LogP contribution is 2.45. The van der Waals surface area contributed by atoms with Gasteiger partial charge in [0.2, 0.25) is 0 Å². The van der Waals surface area contributed by atoms with E-state index in [4.69, 9.17) is 0 Å². The van der Waals surface area contributed by atoms with Crippen molar-refractivity contribution in [1.82, 2.24) is 9.13 Å². The van der Waals surface area contributed by atoms with E-state index >= 15 is 13.2 Å². The summed E-state index contributed by atoms with van der Waals surface area (Å²) in [5.41, 5.74) is 2.83. The predicted molar refractivity (Wildman–Crippen MR) is 180 cm³/mol. The minimum Gasteiger partial charge on any atom is -0.309 e. The topological polar surface area (TPSA) is 9.86 Å². The largest absolute Gasteiger partial charge is 0.418 e. The molecule has 8 rings (SSSR count). The monoisotopic (exact) mass is 648 g/mol. The number of aryl methyl sites for hydroxylation is 2. The van der Waals surface area contributed by atoms with E-state index in [1.165, 1.54) is 18.2 Å². The maximum atomic E-state index is 15.4. The van der Waals surface area contributed by atoms with Crippen LogP contribution in [0.2, 0.25) is 0 Å². The molecule has 0 aliphatic heterocycles. The third kappa shape index (κ3) is 4.66. The van der Waals surface area contributed by atoms with E-state index in [0.29, 0.717) is 22.1 Å². The molecule has 48 heavy (non-hydrogen) atoms. The molecule has 2 heterocycles. The molecule has 6 aromatic carbocycles. The molecule has 2 nitrogen and oxygen atoms in total. The molecule has 0 radical (unpaired) electrons.